The van der Waals surface area contributed by atoms with Crippen molar-refractivity contribution in [1.82, 2.24) is 0 Å². The van der Waals surface area contributed by atoms with E-state index in [0.29, 0.717) is 32.7 Å². The molecule has 0 fully saturated rings. The predicted molar refractivity (Wildman–Crippen MR) is 227 cm³/mol. The quantitative estimate of drug-likeness (QED) is 0.0376. The Morgan fingerprint density at radius 1 is 0.345 bits per heavy atom. The molecule has 0 aliphatic rings. The van der Waals surface area contributed by atoms with Gasteiger partial charge in [0.05, 0.1) is 16.7 Å². The van der Waals surface area contributed by atoms with E-state index in [9.17, 15) is 40.9 Å². The van der Waals surface area contributed by atoms with Crippen LogP contribution in [0.1, 0.15) is 0 Å². The Balaban J connectivity index is 1.24. The highest BCUT2D eigenvalue weighted by molar-refractivity contribution is 6.37. The lowest BCUT2D eigenvalue weighted by Gasteiger charge is -2.22. The summed E-state index contributed by atoms with van der Waals surface area (Å²) in [5.41, 5.74) is 2.66. The van der Waals surface area contributed by atoms with Gasteiger partial charge in [0.1, 0.15) is 19.0 Å². The standard InChI is InChI=1S/C48H29BO9/c49-40-47(56)45(54)39(46(55)48(40)57)38-43(52)41(50)37(42(51)44(38)53)36-28-13-6-4-11-26(28)34(27-12-5-7-14-29(27)36)30-15-8-16-32-35(30)31-20-24-18-17-23(22-9-2-1-3-10-22)19-25(24)21-33(31)58-32/h1-21,50-57H. The zero-order chi connectivity index (χ0) is 40.1. The number of rotatable bonds is 4. The summed E-state index contributed by atoms with van der Waals surface area (Å²) in [6.45, 7) is 0. The minimum atomic E-state index is -1.13. The lowest BCUT2D eigenvalue weighted by molar-refractivity contribution is 0.370. The summed E-state index contributed by atoms with van der Waals surface area (Å²) in [6, 6.07) is 41.3. The molecular formula is C48H29BO9. The predicted octanol–water partition coefficient (Wildman–Crippen LogP) is 10.2. The molecular weight excluding hydrogens is 731 g/mol. The van der Waals surface area contributed by atoms with Gasteiger partial charge in [-0.2, -0.15) is 0 Å². The minimum absolute atomic E-state index is 0.253. The van der Waals surface area contributed by atoms with Crippen molar-refractivity contribution >= 4 is 67.6 Å². The molecule has 0 aliphatic carbocycles. The average molecular weight is 761 g/mol. The summed E-state index contributed by atoms with van der Waals surface area (Å²) in [5, 5.41) is 94.8. The van der Waals surface area contributed by atoms with Crippen LogP contribution in [0.15, 0.2) is 132 Å². The summed E-state index contributed by atoms with van der Waals surface area (Å²) in [6.07, 6.45) is 0. The molecule has 0 unspecified atom stereocenters. The molecule has 0 bridgehead atoms. The van der Waals surface area contributed by atoms with Crippen LogP contribution in [0.5, 0.6) is 46.0 Å². The van der Waals surface area contributed by atoms with E-state index in [-0.39, 0.29) is 11.1 Å². The number of phenolic OH excluding ortho intramolecular Hbond substituents is 8. The third kappa shape index (κ3) is 4.78. The molecule has 10 rings (SSSR count). The zero-order valence-electron chi connectivity index (χ0n) is 30.2. The molecule has 9 aromatic carbocycles. The van der Waals surface area contributed by atoms with Crippen molar-refractivity contribution in [2.24, 2.45) is 0 Å². The molecule has 0 atom stereocenters. The second-order valence-electron chi connectivity index (χ2n) is 14.2. The van der Waals surface area contributed by atoms with Crippen molar-refractivity contribution in [3.05, 3.63) is 127 Å². The SMILES string of the molecule is [B]c1c(O)c(O)c(-c2c(O)c(O)c(-c3c4ccccc4c(-c4cccc5oc6cc7cc(-c8ccccc8)ccc7cc6c45)c4ccccc34)c(O)c2O)c(O)c1O. The molecule has 278 valence electrons. The molecule has 1 aromatic heterocycles. The number of phenols is 8. The molecule has 0 aliphatic heterocycles. The van der Waals surface area contributed by atoms with E-state index in [4.69, 9.17) is 12.3 Å². The maximum atomic E-state index is 11.7. The van der Waals surface area contributed by atoms with Gasteiger partial charge in [-0.1, -0.05) is 103 Å². The van der Waals surface area contributed by atoms with Gasteiger partial charge in [0.25, 0.3) is 0 Å². The first-order valence-corrected chi connectivity index (χ1v) is 18.2. The van der Waals surface area contributed by atoms with E-state index in [2.05, 4.69) is 42.5 Å². The van der Waals surface area contributed by atoms with Gasteiger partial charge in [0, 0.05) is 16.3 Å². The minimum Gasteiger partial charge on any atom is -0.505 e. The van der Waals surface area contributed by atoms with Crippen molar-refractivity contribution in [2.45, 2.75) is 0 Å². The van der Waals surface area contributed by atoms with Gasteiger partial charge >= 0.3 is 0 Å². The van der Waals surface area contributed by atoms with Crippen LogP contribution in [-0.4, -0.2) is 48.7 Å². The molecule has 1 heterocycles. The number of benzene rings is 9. The third-order valence-corrected chi connectivity index (χ3v) is 11.1. The highest BCUT2D eigenvalue weighted by Crippen LogP contribution is 2.61. The fourth-order valence-electron chi connectivity index (χ4n) is 8.40. The number of fused-ring (bicyclic) bond motifs is 6. The molecule has 10 heteroatoms. The van der Waals surface area contributed by atoms with Gasteiger partial charge < -0.3 is 45.3 Å². The molecule has 0 saturated carbocycles. The van der Waals surface area contributed by atoms with Crippen LogP contribution in [-0.2, 0) is 0 Å². The van der Waals surface area contributed by atoms with E-state index in [0.717, 1.165) is 43.8 Å². The van der Waals surface area contributed by atoms with E-state index in [1.54, 1.807) is 24.3 Å². The molecule has 0 saturated heterocycles. The van der Waals surface area contributed by atoms with E-state index in [1.165, 1.54) is 0 Å². The first-order chi connectivity index (χ1) is 28.0. The Morgan fingerprint density at radius 2 is 0.845 bits per heavy atom. The van der Waals surface area contributed by atoms with E-state index >= 15 is 0 Å². The highest BCUT2D eigenvalue weighted by atomic mass is 16.3. The summed E-state index contributed by atoms with van der Waals surface area (Å²) >= 11 is 0. The normalized spacial score (nSPS) is 11.7. The van der Waals surface area contributed by atoms with Crippen LogP contribution in [0, 0.1) is 0 Å². The molecule has 0 spiro atoms. The van der Waals surface area contributed by atoms with Gasteiger partial charge in [-0.25, -0.2) is 0 Å². The van der Waals surface area contributed by atoms with Crippen LogP contribution in [0.25, 0.3) is 98.8 Å². The van der Waals surface area contributed by atoms with E-state index in [1.807, 2.05) is 60.7 Å². The number of hydrogen-bond acceptors (Lipinski definition) is 9. The zero-order valence-corrected chi connectivity index (χ0v) is 30.2. The Labute approximate surface area is 329 Å². The molecule has 0 amide bonds. The van der Waals surface area contributed by atoms with Gasteiger partial charge in [0.2, 0.25) is 0 Å². The second-order valence-corrected chi connectivity index (χ2v) is 14.2. The third-order valence-electron chi connectivity index (χ3n) is 11.1. The van der Waals surface area contributed by atoms with Crippen molar-refractivity contribution in [3.63, 3.8) is 0 Å². The fourth-order valence-corrected chi connectivity index (χ4v) is 8.40. The largest absolute Gasteiger partial charge is 0.505 e. The Hall–Kier alpha value is -7.98. The topological polar surface area (TPSA) is 175 Å². The summed E-state index contributed by atoms with van der Waals surface area (Å²) in [7, 11) is 5.57. The van der Waals surface area contributed by atoms with Crippen molar-refractivity contribution in [1.29, 1.82) is 0 Å². The number of hydrogen-bond donors (Lipinski definition) is 8. The van der Waals surface area contributed by atoms with Crippen LogP contribution >= 0.6 is 0 Å². The highest BCUT2D eigenvalue weighted by Gasteiger charge is 2.33. The van der Waals surface area contributed by atoms with Crippen molar-refractivity contribution in [2.75, 3.05) is 0 Å². The molecule has 8 N–H and O–H groups in total. The van der Waals surface area contributed by atoms with Crippen LogP contribution in [0.3, 0.4) is 0 Å². The Morgan fingerprint density at radius 3 is 1.41 bits per heavy atom. The van der Waals surface area contributed by atoms with Crippen LogP contribution in [0.2, 0.25) is 0 Å². The maximum absolute atomic E-state index is 11.7. The van der Waals surface area contributed by atoms with Crippen molar-refractivity contribution in [3.8, 4) is 90.5 Å². The monoisotopic (exact) mass is 760 g/mol. The first kappa shape index (κ1) is 34.5. The number of furan rings is 1. The van der Waals surface area contributed by atoms with Gasteiger partial charge in [-0.3, -0.25) is 0 Å². The lowest BCUT2D eigenvalue weighted by Crippen LogP contribution is -2.05. The smallest absolute Gasteiger partial charge is 0.170 e. The van der Waals surface area contributed by atoms with Crippen molar-refractivity contribution < 1.29 is 45.3 Å². The Bertz CT molecular complexity index is 3270. The number of aromatic hydroxyl groups is 8. The van der Waals surface area contributed by atoms with Gasteiger partial charge in [0.15, 0.2) is 46.0 Å². The average Bonchev–Trinajstić information content (AvgIpc) is 3.62. The summed E-state index contributed by atoms with van der Waals surface area (Å²) < 4.78 is 6.53. The maximum Gasteiger partial charge on any atom is 0.170 e. The molecule has 58 heavy (non-hydrogen) atoms. The summed E-state index contributed by atoms with van der Waals surface area (Å²) in [5.74, 6) is -8.38. The van der Waals surface area contributed by atoms with Crippen LogP contribution < -0.4 is 5.46 Å². The molecule has 9 nitrogen and oxygen atoms in total. The molecule has 2 radical (unpaired) electrons. The fraction of sp³-hybridized carbons (Fsp3) is 0. The summed E-state index contributed by atoms with van der Waals surface area (Å²) in [4.78, 5) is 0. The van der Waals surface area contributed by atoms with Gasteiger partial charge in [-0.15, -0.1) is 0 Å². The lowest BCUT2D eigenvalue weighted by atomic mass is 9.83. The van der Waals surface area contributed by atoms with E-state index < -0.39 is 62.6 Å². The second kappa shape index (κ2) is 12.5. The van der Waals surface area contributed by atoms with Gasteiger partial charge in [-0.05, 0) is 84.3 Å². The Kier molecular flexibility index (Phi) is 7.45. The van der Waals surface area contributed by atoms with Crippen LogP contribution in [0.4, 0.5) is 0 Å². The first-order valence-electron chi connectivity index (χ1n) is 18.2. The molecule has 10 aromatic rings.